The maximum absolute atomic E-state index is 13.1. The van der Waals surface area contributed by atoms with Crippen LogP contribution >= 0.6 is 0 Å². The van der Waals surface area contributed by atoms with E-state index in [1.165, 1.54) is 19.1 Å². The van der Waals surface area contributed by atoms with Crippen LogP contribution in [0.15, 0.2) is 54.6 Å². The molecule has 2 rings (SSSR count). The summed E-state index contributed by atoms with van der Waals surface area (Å²) in [4.78, 5) is 23.5. The van der Waals surface area contributed by atoms with Gasteiger partial charge in [0.1, 0.15) is 5.82 Å². The van der Waals surface area contributed by atoms with E-state index in [4.69, 9.17) is 0 Å². The number of hydrogen-bond donors (Lipinski definition) is 2. The summed E-state index contributed by atoms with van der Waals surface area (Å²) in [5.74, 6) is -0.626. The molecule has 0 spiro atoms. The summed E-state index contributed by atoms with van der Waals surface area (Å²) in [6.45, 7) is 1.85. The summed E-state index contributed by atoms with van der Waals surface area (Å²) in [6.07, 6.45) is 0.715. The van der Waals surface area contributed by atoms with Crippen LogP contribution in [-0.4, -0.2) is 18.4 Å². The third kappa shape index (κ3) is 5.83. The molecule has 4 nitrogen and oxygen atoms in total. The van der Waals surface area contributed by atoms with Gasteiger partial charge in [-0.1, -0.05) is 42.5 Å². The van der Waals surface area contributed by atoms with Gasteiger partial charge in [-0.15, -0.1) is 0 Å². The van der Waals surface area contributed by atoms with Gasteiger partial charge in [0.2, 0.25) is 11.8 Å². The van der Waals surface area contributed by atoms with Gasteiger partial charge in [-0.2, -0.15) is 0 Å². The van der Waals surface area contributed by atoms with E-state index in [9.17, 15) is 14.0 Å². The van der Waals surface area contributed by atoms with Gasteiger partial charge in [-0.25, -0.2) is 4.39 Å². The highest BCUT2D eigenvalue weighted by atomic mass is 19.1. The Balaban J connectivity index is 1.87. The minimum Gasteiger partial charge on any atom is -0.356 e. The third-order valence-electron chi connectivity index (χ3n) is 3.59. The van der Waals surface area contributed by atoms with Gasteiger partial charge in [0.25, 0.3) is 0 Å². The average molecular weight is 328 g/mol. The van der Waals surface area contributed by atoms with Crippen molar-refractivity contribution in [2.75, 3.05) is 6.54 Å². The van der Waals surface area contributed by atoms with E-state index >= 15 is 0 Å². The van der Waals surface area contributed by atoms with Gasteiger partial charge in [0.15, 0.2) is 0 Å². The zero-order chi connectivity index (χ0) is 17.4. The molecule has 2 aromatic carbocycles. The number of carbonyl (C=O) groups is 2. The average Bonchev–Trinajstić information content (AvgIpc) is 2.55. The smallest absolute Gasteiger partial charge is 0.222 e. The molecule has 0 bridgehead atoms. The molecule has 0 aliphatic heterocycles. The van der Waals surface area contributed by atoms with Crippen LogP contribution in [0.3, 0.4) is 0 Å². The molecule has 0 saturated carbocycles. The lowest BCUT2D eigenvalue weighted by atomic mass is 10.0. The Labute approximate surface area is 141 Å². The van der Waals surface area contributed by atoms with Crippen molar-refractivity contribution in [1.82, 2.24) is 10.6 Å². The second kappa shape index (κ2) is 8.82. The van der Waals surface area contributed by atoms with E-state index in [1.54, 1.807) is 6.07 Å². The first-order chi connectivity index (χ1) is 11.5. The Morgan fingerprint density at radius 1 is 1.08 bits per heavy atom. The molecular formula is C19H21FN2O2. The summed E-state index contributed by atoms with van der Waals surface area (Å²) in [5.41, 5.74) is 1.71. The zero-order valence-electron chi connectivity index (χ0n) is 13.6. The van der Waals surface area contributed by atoms with E-state index < -0.39 is 0 Å². The second-order valence-electron chi connectivity index (χ2n) is 5.60. The van der Waals surface area contributed by atoms with Crippen molar-refractivity contribution < 1.29 is 14.0 Å². The lowest BCUT2D eigenvalue weighted by Crippen LogP contribution is -2.33. The van der Waals surface area contributed by atoms with Crippen LogP contribution < -0.4 is 10.6 Å². The largest absolute Gasteiger partial charge is 0.356 e. The highest BCUT2D eigenvalue weighted by Gasteiger charge is 2.16. The van der Waals surface area contributed by atoms with Crippen molar-refractivity contribution in [2.24, 2.45) is 0 Å². The maximum atomic E-state index is 13.1. The summed E-state index contributed by atoms with van der Waals surface area (Å²) in [5, 5.41) is 5.60. The fraction of sp³-hybridized carbons (Fsp3) is 0.263. The molecule has 0 heterocycles. The zero-order valence-corrected chi connectivity index (χ0v) is 13.6. The number of nitrogens with one attached hydrogen (secondary N) is 2. The number of rotatable bonds is 7. The summed E-state index contributed by atoms with van der Waals surface area (Å²) in [6, 6.07) is 15.3. The molecule has 2 aromatic rings. The van der Waals surface area contributed by atoms with Crippen molar-refractivity contribution in [3.8, 4) is 0 Å². The normalized spacial score (nSPS) is 11.6. The molecular weight excluding hydrogens is 307 g/mol. The maximum Gasteiger partial charge on any atom is 0.222 e. The van der Waals surface area contributed by atoms with Crippen LogP contribution in [0.2, 0.25) is 0 Å². The lowest BCUT2D eigenvalue weighted by Gasteiger charge is -2.18. The van der Waals surface area contributed by atoms with Crippen molar-refractivity contribution in [3.05, 3.63) is 71.5 Å². The number of benzene rings is 2. The van der Waals surface area contributed by atoms with E-state index in [1.807, 2.05) is 36.4 Å². The van der Waals surface area contributed by atoms with Crippen molar-refractivity contribution in [3.63, 3.8) is 0 Å². The van der Waals surface area contributed by atoms with Gasteiger partial charge in [0.05, 0.1) is 12.5 Å². The molecule has 2 N–H and O–H groups in total. The molecule has 0 aliphatic rings. The molecule has 5 heteroatoms. The molecule has 24 heavy (non-hydrogen) atoms. The van der Waals surface area contributed by atoms with E-state index in [-0.39, 0.29) is 30.1 Å². The first-order valence-electron chi connectivity index (χ1n) is 7.88. The van der Waals surface area contributed by atoms with Crippen molar-refractivity contribution in [1.29, 1.82) is 0 Å². The Hall–Kier alpha value is -2.69. The SMILES string of the molecule is CC(=O)NC(CC(=O)NCCc1cccc(F)c1)c1ccccc1. The van der Waals surface area contributed by atoms with E-state index in [0.29, 0.717) is 13.0 Å². The van der Waals surface area contributed by atoms with Crippen LogP contribution in [0.25, 0.3) is 0 Å². The minimum absolute atomic E-state index is 0.158. The Kier molecular flexibility index (Phi) is 6.49. The van der Waals surface area contributed by atoms with Crippen LogP contribution in [0.5, 0.6) is 0 Å². The number of hydrogen-bond acceptors (Lipinski definition) is 2. The van der Waals surface area contributed by atoms with Gasteiger partial charge in [-0.05, 0) is 29.7 Å². The Morgan fingerprint density at radius 3 is 2.50 bits per heavy atom. The Morgan fingerprint density at radius 2 is 1.83 bits per heavy atom. The molecule has 0 aliphatic carbocycles. The Bertz CT molecular complexity index is 689. The monoisotopic (exact) mass is 328 g/mol. The minimum atomic E-state index is -0.363. The first kappa shape index (κ1) is 17.7. The number of halogens is 1. The number of carbonyl (C=O) groups excluding carboxylic acids is 2. The van der Waals surface area contributed by atoms with Crippen LogP contribution in [0.1, 0.15) is 30.5 Å². The van der Waals surface area contributed by atoms with Crippen LogP contribution in [0, 0.1) is 5.82 Å². The van der Waals surface area contributed by atoms with Gasteiger partial charge in [-0.3, -0.25) is 9.59 Å². The standard InChI is InChI=1S/C19H21FN2O2/c1-14(23)22-18(16-7-3-2-4-8-16)13-19(24)21-11-10-15-6-5-9-17(20)12-15/h2-9,12,18H,10-11,13H2,1H3,(H,21,24)(H,22,23). The third-order valence-corrected chi connectivity index (χ3v) is 3.59. The molecule has 0 fully saturated rings. The predicted octanol–water partition coefficient (Wildman–Crippen LogP) is 2.75. The molecule has 0 saturated heterocycles. The molecule has 0 radical (unpaired) electrons. The van der Waals surface area contributed by atoms with Crippen LogP contribution in [0.4, 0.5) is 4.39 Å². The van der Waals surface area contributed by atoms with Crippen molar-refractivity contribution >= 4 is 11.8 Å². The van der Waals surface area contributed by atoms with Crippen molar-refractivity contribution in [2.45, 2.75) is 25.8 Å². The molecule has 1 unspecified atom stereocenters. The van der Waals surface area contributed by atoms with E-state index in [2.05, 4.69) is 10.6 Å². The van der Waals surface area contributed by atoms with Gasteiger partial charge >= 0.3 is 0 Å². The first-order valence-corrected chi connectivity index (χ1v) is 7.88. The van der Waals surface area contributed by atoms with Gasteiger partial charge < -0.3 is 10.6 Å². The molecule has 0 aromatic heterocycles. The predicted molar refractivity (Wildman–Crippen MR) is 90.7 cm³/mol. The van der Waals surface area contributed by atoms with E-state index in [0.717, 1.165) is 11.1 Å². The summed E-state index contributed by atoms with van der Waals surface area (Å²) >= 11 is 0. The fourth-order valence-corrected chi connectivity index (χ4v) is 2.48. The summed E-state index contributed by atoms with van der Waals surface area (Å²) in [7, 11) is 0. The van der Waals surface area contributed by atoms with Gasteiger partial charge in [0, 0.05) is 13.5 Å². The molecule has 2 amide bonds. The molecule has 1 atom stereocenters. The number of amides is 2. The molecule has 126 valence electrons. The highest BCUT2D eigenvalue weighted by Crippen LogP contribution is 2.16. The second-order valence-corrected chi connectivity index (χ2v) is 5.60. The van der Waals surface area contributed by atoms with Crippen LogP contribution in [-0.2, 0) is 16.0 Å². The highest BCUT2D eigenvalue weighted by molar-refractivity contribution is 5.79. The lowest BCUT2D eigenvalue weighted by molar-refractivity contribution is -0.122. The summed E-state index contributed by atoms with van der Waals surface area (Å²) < 4.78 is 13.1. The fourth-order valence-electron chi connectivity index (χ4n) is 2.48. The quantitative estimate of drug-likeness (QED) is 0.821. The topological polar surface area (TPSA) is 58.2 Å².